The molecule has 0 radical (unpaired) electrons. The highest BCUT2D eigenvalue weighted by Crippen LogP contribution is 2.38. The fraction of sp³-hybridized carbons (Fsp3) is 0.0625. The van der Waals surface area contributed by atoms with Gasteiger partial charge in [0.05, 0.1) is 0 Å². The Balaban J connectivity index is 1.61. The van der Waals surface area contributed by atoms with Crippen molar-refractivity contribution < 1.29 is 0 Å². The molecule has 0 aromatic heterocycles. The molecule has 0 heteroatoms. The van der Waals surface area contributed by atoms with Gasteiger partial charge in [0.2, 0.25) is 0 Å². The molecule has 32 heavy (non-hydrogen) atoms. The smallest absolute Gasteiger partial charge is 0.0142 e. The molecule has 6 aromatic rings. The summed E-state index contributed by atoms with van der Waals surface area (Å²) in [5.41, 5.74) is 4.19. The summed E-state index contributed by atoms with van der Waals surface area (Å²) >= 11 is 0. The van der Waals surface area contributed by atoms with Gasteiger partial charge in [0.1, 0.15) is 0 Å². The van der Waals surface area contributed by atoms with Crippen LogP contribution >= 0.6 is 0 Å². The van der Waals surface area contributed by atoms with E-state index in [0.717, 1.165) is 6.42 Å². The molecule has 0 aliphatic heterocycles. The van der Waals surface area contributed by atoms with Crippen LogP contribution in [0, 0.1) is 0 Å². The van der Waals surface area contributed by atoms with Gasteiger partial charge in [0.25, 0.3) is 0 Å². The summed E-state index contributed by atoms with van der Waals surface area (Å²) in [7, 11) is 0. The summed E-state index contributed by atoms with van der Waals surface area (Å²) < 4.78 is 0. The Kier molecular flexibility index (Phi) is 4.70. The fourth-order valence-corrected chi connectivity index (χ4v) is 5.19. The maximum Gasteiger partial charge on any atom is 0.0142 e. The maximum absolute atomic E-state index is 2.32. The van der Waals surface area contributed by atoms with Crippen LogP contribution in [0.25, 0.3) is 32.3 Å². The van der Waals surface area contributed by atoms with Crippen molar-refractivity contribution in [2.75, 3.05) is 0 Å². The molecule has 0 saturated carbocycles. The predicted octanol–water partition coefficient (Wildman–Crippen LogP) is 8.52. The monoisotopic (exact) mass is 408 g/mol. The zero-order valence-corrected chi connectivity index (χ0v) is 17.9. The molecular weight excluding hydrogens is 384 g/mol. The van der Waals surface area contributed by atoms with E-state index in [-0.39, 0.29) is 5.92 Å². The second-order valence-electron chi connectivity index (χ2n) is 8.53. The number of hydrogen-bond acceptors (Lipinski definition) is 0. The first-order valence-corrected chi connectivity index (χ1v) is 11.3. The molecule has 0 N–H and O–H groups in total. The Morgan fingerprint density at radius 2 is 0.781 bits per heavy atom. The van der Waals surface area contributed by atoms with E-state index in [1.807, 2.05) is 0 Å². The summed E-state index contributed by atoms with van der Waals surface area (Å²) in [4.78, 5) is 0. The van der Waals surface area contributed by atoms with Gasteiger partial charge in [-0.25, -0.2) is 0 Å². The lowest BCUT2D eigenvalue weighted by Crippen LogP contribution is -2.07. The normalized spacial score (nSPS) is 11.5. The van der Waals surface area contributed by atoms with Crippen LogP contribution in [0.15, 0.2) is 127 Å². The van der Waals surface area contributed by atoms with Crippen LogP contribution in [0.3, 0.4) is 0 Å². The minimum absolute atomic E-state index is 0.262. The molecule has 0 aliphatic carbocycles. The van der Waals surface area contributed by atoms with Crippen LogP contribution in [0.1, 0.15) is 22.6 Å². The number of fused-ring (bicyclic) bond motifs is 3. The van der Waals surface area contributed by atoms with Crippen LogP contribution < -0.4 is 0 Å². The highest BCUT2D eigenvalue weighted by Gasteiger charge is 2.20. The third-order valence-corrected chi connectivity index (χ3v) is 6.70. The topological polar surface area (TPSA) is 0 Å². The van der Waals surface area contributed by atoms with E-state index < -0.39 is 0 Å². The van der Waals surface area contributed by atoms with Gasteiger partial charge < -0.3 is 0 Å². The first-order valence-electron chi connectivity index (χ1n) is 11.3. The minimum atomic E-state index is 0.262. The molecule has 0 saturated heterocycles. The average Bonchev–Trinajstić information content (AvgIpc) is 2.87. The Labute approximate surface area is 188 Å². The maximum atomic E-state index is 2.32. The summed E-state index contributed by atoms with van der Waals surface area (Å²) in [6.45, 7) is 0. The summed E-state index contributed by atoms with van der Waals surface area (Å²) in [6, 6.07) is 46.5. The van der Waals surface area contributed by atoms with E-state index >= 15 is 0 Å². The standard InChI is InChI=1S/C32H24/c1-4-17-27-23(10-1)13-7-16-26(27)22-32(30-20-8-14-24-11-2-5-18-28(24)30)31-21-9-15-25-12-3-6-19-29(25)31/h1-21,32H,22H2. The van der Waals surface area contributed by atoms with Gasteiger partial charge in [-0.3, -0.25) is 0 Å². The van der Waals surface area contributed by atoms with Gasteiger partial charge in [0, 0.05) is 5.92 Å². The quantitative estimate of drug-likeness (QED) is 0.274. The van der Waals surface area contributed by atoms with Gasteiger partial charge in [-0.1, -0.05) is 127 Å². The average molecular weight is 409 g/mol. The molecule has 6 rings (SSSR count). The van der Waals surface area contributed by atoms with E-state index in [1.54, 1.807) is 0 Å². The van der Waals surface area contributed by atoms with Gasteiger partial charge in [-0.2, -0.15) is 0 Å². The molecule has 0 fully saturated rings. The van der Waals surface area contributed by atoms with Crippen molar-refractivity contribution in [2.45, 2.75) is 12.3 Å². The van der Waals surface area contributed by atoms with Gasteiger partial charge in [0.15, 0.2) is 0 Å². The molecule has 0 bridgehead atoms. The lowest BCUT2D eigenvalue weighted by molar-refractivity contribution is 0.824. The zero-order valence-electron chi connectivity index (χ0n) is 17.9. The SMILES string of the molecule is c1ccc2c(CC(c3cccc4ccccc34)c3cccc4ccccc34)cccc2c1. The first-order chi connectivity index (χ1) is 15.9. The van der Waals surface area contributed by atoms with Crippen LogP contribution in [-0.4, -0.2) is 0 Å². The number of hydrogen-bond donors (Lipinski definition) is 0. The van der Waals surface area contributed by atoms with E-state index in [1.165, 1.54) is 49.0 Å². The van der Waals surface area contributed by atoms with Crippen molar-refractivity contribution >= 4 is 32.3 Å². The Bertz CT molecular complexity index is 1460. The Hall–Kier alpha value is -3.90. The minimum Gasteiger partial charge on any atom is -0.0616 e. The second kappa shape index (κ2) is 7.98. The zero-order chi connectivity index (χ0) is 21.3. The lowest BCUT2D eigenvalue weighted by atomic mass is 9.81. The van der Waals surface area contributed by atoms with Crippen LogP contribution in [0.2, 0.25) is 0 Å². The second-order valence-corrected chi connectivity index (χ2v) is 8.53. The van der Waals surface area contributed by atoms with Crippen LogP contribution in [0.4, 0.5) is 0 Å². The molecule has 0 aliphatic rings. The molecule has 6 aromatic carbocycles. The molecule has 0 unspecified atom stereocenters. The van der Waals surface area contributed by atoms with Crippen LogP contribution in [0.5, 0.6) is 0 Å². The number of rotatable bonds is 4. The third-order valence-electron chi connectivity index (χ3n) is 6.70. The van der Waals surface area contributed by atoms with Gasteiger partial charge in [-0.05, 0) is 55.4 Å². The van der Waals surface area contributed by atoms with Crippen molar-refractivity contribution in [3.8, 4) is 0 Å². The lowest BCUT2D eigenvalue weighted by Gasteiger charge is -2.23. The van der Waals surface area contributed by atoms with Crippen molar-refractivity contribution in [3.63, 3.8) is 0 Å². The molecule has 0 amide bonds. The summed E-state index contributed by atoms with van der Waals surface area (Å²) in [5.74, 6) is 0.262. The molecule has 152 valence electrons. The highest BCUT2D eigenvalue weighted by atomic mass is 14.2. The Morgan fingerprint density at radius 3 is 1.34 bits per heavy atom. The first kappa shape index (κ1) is 18.8. The number of benzene rings is 6. The van der Waals surface area contributed by atoms with E-state index in [4.69, 9.17) is 0 Å². The third kappa shape index (κ3) is 3.25. The van der Waals surface area contributed by atoms with E-state index in [9.17, 15) is 0 Å². The summed E-state index contributed by atoms with van der Waals surface area (Å²) in [6.07, 6.45) is 0.962. The Morgan fingerprint density at radius 1 is 0.375 bits per heavy atom. The largest absolute Gasteiger partial charge is 0.0616 e. The molecule has 0 heterocycles. The van der Waals surface area contributed by atoms with Crippen molar-refractivity contribution in [3.05, 3.63) is 144 Å². The molecule has 0 nitrogen and oxygen atoms in total. The van der Waals surface area contributed by atoms with Gasteiger partial charge in [-0.15, -0.1) is 0 Å². The molecular formula is C32H24. The van der Waals surface area contributed by atoms with Crippen molar-refractivity contribution in [1.29, 1.82) is 0 Å². The van der Waals surface area contributed by atoms with Crippen molar-refractivity contribution in [2.24, 2.45) is 0 Å². The summed E-state index contributed by atoms with van der Waals surface area (Å²) in [5, 5.41) is 7.93. The van der Waals surface area contributed by atoms with Crippen molar-refractivity contribution in [1.82, 2.24) is 0 Å². The van der Waals surface area contributed by atoms with E-state index in [0.29, 0.717) is 0 Å². The fourth-order valence-electron chi connectivity index (χ4n) is 5.19. The molecule has 0 spiro atoms. The molecule has 0 atom stereocenters. The highest BCUT2D eigenvalue weighted by molar-refractivity contribution is 5.91. The van der Waals surface area contributed by atoms with Gasteiger partial charge >= 0.3 is 0 Å². The predicted molar refractivity (Wildman–Crippen MR) is 137 cm³/mol. The van der Waals surface area contributed by atoms with E-state index in [2.05, 4.69) is 127 Å². The van der Waals surface area contributed by atoms with Crippen LogP contribution in [-0.2, 0) is 6.42 Å².